The number of hydrogen-bond donors (Lipinski definition) is 1. The molecule has 0 saturated carbocycles. The second kappa shape index (κ2) is 4.28. The summed E-state index contributed by atoms with van der Waals surface area (Å²) < 4.78 is 5.08. The summed E-state index contributed by atoms with van der Waals surface area (Å²) in [6.45, 7) is 4.15. The summed E-state index contributed by atoms with van der Waals surface area (Å²) >= 11 is 0. The van der Waals surface area contributed by atoms with Crippen molar-refractivity contribution in [3.63, 3.8) is 0 Å². The number of nitrogens with two attached hydrogens (primary N) is 1. The zero-order valence-electron chi connectivity index (χ0n) is 8.45. The van der Waals surface area contributed by atoms with Gasteiger partial charge in [-0.3, -0.25) is 0 Å². The van der Waals surface area contributed by atoms with E-state index >= 15 is 0 Å². The molecule has 72 valence electrons. The zero-order valence-corrected chi connectivity index (χ0v) is 8.45. The Morgan fingerprint density at radius 2 is 1.69 bits per heavy atom. The van der Waals surface area contributed by atoms with Crippen LogP contribution in [0.25, 0.3) is 0 Å². The Kier molecular flexibility index (Phi) is 3.32. The van der Waals surface area contributed by atoms with Crippen LogP contribution in [-0.2, 0) is 0 Å². The fourth-order valence-electron chi connectivity index (χ4n) is 1.21. The summed E-state index contributed by atoms with van der Waals surface area (Å²) in [5, 5.41) is 0. The highest BCUT2D eigenvalue weighted by Crippen LogP contribution is 2.20. The predicted molar refractivity (Wildman–Crippen MR) is 55.1 cm³/mol. The van der Waals surface area contributed by atoms with E-state index in [1.165, 1.54) is 5.56 Å². The van der Waals surface area contributed by atoms with Crippen LogP contribution >= 0.6 is 0 Å². The molecule has 0 bridgehead atoms. The Balaban J connectivity index is 2.79. The van der Waals surface area contributed by atoms with Gasteiger partial charge in [0.05, 0.1) is 7.11 Å². The summed E-state index contributed by atoms with van der Waals surface area (Å²) in [7, 11) is 1.67. The molecule has 1 aromatic carbocycles. The topological polar surface area (TPSA) is 35.2 Å². The first-order valence-corrected chi connectivity index (χ1v) is 4.54. The maximum absolute atomic E-state index is 5.81. The second-order valence-corrected chi connectivity index (χ2v) is 3.42. The lowest BCUT2D eigenvalue weighted by molar-refractivity contribution is 0.414. The lowest BCUT2D eigenvalue weighted by atomic mass is 9.95. The van der Waals surface area contributed by atoms with Crippen LogP contribution in [0.3, 0.4) is 0 Å². The minimum Gasteiger partial charge on any atom is -0.497 e. The molecule has 0 spiro atoms. The highest BCUT2D eigenvalue weighted by atomic mass is 16.5. The van der Waals surface area contributed by atoms with E-state index in [2.05, 4.69) is 19.1 Å². The summed E-state index contributed by atoms with van der Waals surface area (Å²) in [5.74, 6) is 1.28. The fourth-order valence-corrected chi connectivity index (χ4v) is 1.21. The van der Waals surface area contributed by atoms with Crippen molar-refractivity contribution in [2.45, 2.75) is 25.8 Å². The summed E-state index contributed by atoms with van der Waals surface area (Å²) in [4.78, 5) is 0. The molecule has 13 heavy (non-hydrogen) atoms. The van der Waals surface area contributed by atoms with Gasteiger partial charge in [-0.05, 0) is 30.5 Å². The van der Waals surface area contributed by atoms with Gasteiger partial charge < -0.3 is 10.5 Å². The number of methoxy groups -OCH3 is 1. The molecule has 0 aliphatic rings. The van der Waals surface area contributed by atoms with Gasteiger partial charge in [0, 0.05) is 6.04 Å². The normalized spacial score (nSPS) is 15.1. The molecule has 2 heteroatoms. The van der Waals surface area contributed by atoms with E-state index in [0.29, 0.717) is 5.92 Å². The minimum atomic E-state index is 0.188. The van der Waals surface area contributed by atoms with Gasteiger partial charge in [0.15, 0.2) is 0 Å². The molecule has 1 rings (SSSR count). The van der Waals surface area contributed by atoms with E-state index in [9.17, 15) is 0 Å². The third kappa shape index (κ3) is 2.46. The molecule has 0 heterocycles. The van der Waals surface area contributed by atoms with Crippen LogP contribution in [-0.4, -0.2) is 13.2 Å². The highest BCUT2D eigenvalue weighted by Gasteiger charge is 2.09. The van der Waals surface area contributed by atoms with E-state index < -0.39 is 0 Å². The van der Waals surface area contributed by atoms with Crippen LogP contribution < -0.4 is 10.5 Å². The minimum absolute atomic E-state index is 0.188. The van der Waals surface area contributed by atoms with E-state index in [1.807, 2.05) is 19.1 Å². The van der Waals surface area contributed by atoms with Gasteiger partial charge >= 0.3 is 0 Å². The fraction of sp³-hybridized carbons (Fsp3) is 0.455. The van der Waals surface area contributed by atoms with Crippen LogP contribution in [0.5, 0.6) is 5.75 Å². The molecule has 2 N–H and O–H groups in total. The van der Waals surface area contributed by atoms with Gasteiger partial charge in [-0.2, -0.15) is 0 Å². The number of benzene rings is 1. The Morgan fingerprint density at radius 1 is 1.15 bits per heavy atom. The molecule has 0 aromatic heterocycles. The Hall–Kier alpha value is -1.02. The predicted octanol–water partition coefficient (Wildman–Crippen LogP) is 2.15. The van der Waals surface area contributed by atoms with E-state index in [4.69, 9.17) is 10.5 Å². The van der Waals surface area contributed by atoms with Crippen molar-refractivity contribution in [3.05, 3.63) is 29.8 Å². The molecular weight excluding hydrogens is 162 g/mol. The SMILES string of the molecule is COc1ccc([C@H](C)[C@H](C)N)cc1. The summed E-state index contributed by atoms with van der Waals surface area (Å²) in [6, 6.07) is 8.25. The van der Waals surface area contributed by atoms with Crippen molar-refractivity contribution < 1.29 is 4.74 Å². The maximum atomic E-state index is 5.81. The molecule has 0 aliphatic heterocycles. The van der Waals surface area contributed by atoms with Gasteiger partial charge in [-0.15, -0.1) is 0 Å². The summed E-state index contributed by atoms with van der Waals surface area (Å²) in [5.41, 5.74) is 7.07. The molecule has 1 aromatic rings. The molecular formula is C11H17NO. The van der Waals surface area contributed by atoms with Crippen LogP contribution in [0.2, 0.25) is 0 Å². The van der Waals surface area contributed by atoms with Gasteiger partial charge in [0.2, 0.25) is 0 Å². The first-order valence-electron chi connectivity index (χ1n) is 4.54. The number of hydrogen-bond acceptors (Lipinski definition) is 2. The standard InChI is InChI=1S/C11H17NO/c1-8(9(2)12)10-4-6-11(13-3)7-5-10/h4-9H,12H2,1-3H3/t8-,9+/m1/s1. The van der Waals surface area contributed by atoms with Crippen LogP contribution in [0.1, 0.15) is 25.3 Å². The largest absolute Gasteiger partial charge is 0.497 e. The average Bonchev–Trinajstić information content (AvgIpc) is 2.17. The third-order valence-corrected chi connectivity index (χ3v) is 2.43. The quantitative estimate of drug-likeness (QED) is 0.771. The molecule has 0 saturated heterocycles. The maximum Gasteiger partial charge on any atom is 0.118 e. The van der Waals surface area contributed by atoms with Crippen molar-refractivity contribution in [1.29, 1.82) is 0 Å². The van der Waals surface area contributed by atoms with Crippen LogP contribution in [0.15, 0.2) is 24.3 Å². The second-order valence-electron chi connectivity index (χ2n) is 3.42. The van der Waals surface area contributed by atoms with Gasteiger partial charge in [-0.1, -0.05) is 19.1 Å². The first kappa shape index (κ1) is 10.1. The average molecular weight is 179 g/mol. The molecule has 2 atom stereocenters. The first-order chi connectivity index (χ1) is 6.15. The van der Waals surface area contributed by atoms with Crippen molar-refractivity contribution in [1.82, 2.24) is 0 Å². The van der Waals surface area contributed by atoms with Crippen molar-refractivity contribution >= 4 is 0 Å². The van der Waals surface area contributed by atoms with Gasteiger partial charge in [-0.25, -0.2) is 0 Å². The van der Waals surface area contributed by atoms with E-state index in [0.717, 1.165) is 5.75 Å². The van der Waals surface area contributed by atoms with Crippen molar-refractivity contribution in [2.75, 3.05) is 7.11 Å². The molecule has 0 unspecified atom stereocenters. The molecule has 0 amide bonds. The third-order valence-electron chi connectivity index (χ3n) is 2.43. The molecule has 0 radical (unpaired) electrons. The van der Waals surface area contributed by atoms with Crippen LogP contribution in [0, 0.1) is 0 Å². The van der Waals surface area contributed by atoms with E-state index in [-0.39, 0.29) is 6.04 Å². The smallest absolute Gasteiger partial charge is 0.118 e. The lowest BCUT2D eigenvalue weighted by Crippen LogP contribution is -2.22. The lowest BCUT2D eigenvalue weighted by Gasteiger charge is -2.15. The summed E-state index contributed by atoms with van der Waals surface area (Å²) in [6.07, 6.45) is 0. The van der Waals surface area contributed by atoms with Gasteiger partial charge in [0.1, 0.15) is 5.75 Å². The zero-order chi connectivity index (χ0) is 9.84. The molecule has 0 aliphatic carbocycles. The number of ether oxygens (including phenoxy) is 1. The molecule has 2 nitrogen and oxygen atoms in total. The van der Waals surface area contributed by atoms with E-state index in [1.54, 1.807) is 7.11 Å². The monoisotopic (exact) mass is 179 g/mol. The van der Waals surface area contributed by atoms with Crippen LogP contribution in [0.4, 0.5) is 0 Å². The highest BCUT2D eigenvalue weighted by molar-refractivity contribution is 5.29. The van der Waals surface area contributed by atoms with Crippen molar-refractivity contribution in [3.8, 4) is 5.75 Å². The molecule has 0 fully saturated rings. The number of rotatable bonds is 3. The van der Waals surface area contributed by atoms with Gasteiger partial charge in [0.25, 0.3) is 0 Å². The Bertz CT molecular complexity index is 253. The Labute approximate surface area is 79.7 Å². The Morgan fingerprint density at radius 3 is 2.08 bits per heavy atom. The van der Waals surface area contributed by atoms with Crippen molar-refractivity contribution in [2.24, 2.45) is 5.73 Å².